The minimum atomic E-state index is -0.909. The first-order valence-electron chi connectivity index (χ1n) is 13.0. The second kappa shape index (κ2) is 12.6. The van der Waals surface area contributed by atoms with Crippen LogP contribution in [0.1, 0.15) is 116 Å². The van der Waals surface area contributed by atoms with Crippen molar-refractivity contribution < 1.29 is 23.9 Å². The molecule has 206 valence electrons. The fourth-order valence-corrected chi connectivity index (χ4v) is 4.05. The van der Waals surface area contributed by atoms with E-state index in [1.165, 1.54) is 0 Å². The molecule has 0 bridgehead atoms. The number of carbonyl (C=O) groups excluding carboxylic acids is 3. The molecule has 0 rings (SSSR count). The molecule has 0 heterocycles. The molecule has 2 N–H and O–H groups in total. The van der Waals surface area contributed by atoms with Crippen molar-refractivity contribution in [1.82, 2.24) is 10.6 Å². The summed E-state index contributed by atoms with van der Waals surface area (Å²) in [6.07, 6.45) is 1.45. The van der Waals surface area contributed by atoms with Crippen molar-refractivity contribution >= 4 is 17.8 Å². The van der Waals surface area contributed by atoms with E-state index in [2.05, 4.69) is 24.5 Å². The van der Waals surface area contributed by atoms with E-state index in [9.17, 15) is 14.4 Å². The zero-order valence-electron chi connectivity index (χ0n) is 25.0. The van der Waals surface area contributed by atoms with Crippen LogP contribution in [0.2, 0.25) is 0 Å². The maximum atomic E-state index is 13.1. The smallest absolute Gasteiger partial charge is 0.329 e. The molecule has 2 unspecified atom stereocenters. The molecule has 0 saturated carbocycles. The highest BCUT2D eigenvalue weighted by Crippen LogP contribution is 2.28. The molecular formula is C28H54N2O5. The highest BCUT2D eigenvalue weighted by Gasteiger charge is 2.39. The molecule has 1 amide bonds. The van der Waals surface area contributed by atoms with Gasteiger partial charge in [0.1, 0.15) is 23.3 Å². The predicted octanol–water partition coefficient (Wildman–Crippen LogP) is 5.40. The van der Waals surface area contributed by atoms with E-state index in [1.54, 1.807) is 13.8 Å². The Morgan fingerprint density at radius 2 is 1.03 bits per heavy atom. The molecule has 0 fully saturated rings. The summed E-state index contributed by atoms with van der Waals surface area (Å²) in [5.41, 5.74) is -2.62. The quantitative estimate of drug-likeness (QED) is 0.350. The van der Waals surface area contributed by atoms with E-state index in [4.69, 9.17) is 9.47 Å². The largest absolute Gasteiger partial charge is 0.458 e. The van der Waals surface area contributed by atoms with Crippen molar-refractivity contribution in [3.8, 4) is 0 Å². The number of nitrogens with one attached hydrogen (secondary N) is 2. The van der Waals surface area contributed by atoms with Crippen molar-refractivity contribution in [3.63, 3.8) is 0 Å². The van der Waals surface area contributed by atoms with E-state index in [-0.39, 0.29) is 23.3 Å². The van der Waals surface area contributed by atoms with E-state index in [1.807, 2.05) is 69.2 Å². The number of carbonyl (C=O) groups is 3. The van der Waals surface area contributed by atoms with Crippen LogP contribution in [-0.4, -0.2) is 46.7 Å². The average Bonchev–Trinajstić information content (AvgIpc) is 2.55. The Bertz CT molecular complexity index is 712. The van der Waals surface area contributed by atoms with Crippen LogP contribution >= 0.6 is 0 Å². The first-order chi connectivity index (χ1) is 15.4. The fraction of sp³-hybridized carbons (Fsp3) is 0.893. The van der Waals surface area contributed by atoms with Crippen molar-refractivity contribution in [2.75, 3.05) is 0 Å². The number of esters is 2. The summed E-state index contributed by atoms with van der Waals surface area (Å²) >= 11 is 0. The Hall–Kier alpha value is -1.63. The predicted molar refractivity (Wildman–Crippen MR) is 142 cm³/mol. The van der Waals surface area contributed by atoms with Gasteiger partial charge in [0, 0.05) is 17.4 Å². The number of ether oxygens (including phenoxy) is 2. The third kappa shape index (κ3) is 14.5. The molecular weight excluding hydrogens is 444 g/mol. The van der Waals surface area contributed by atoms with E-state index in [0.717, 1.165) is 0 Å². The minimum Gasteiger partial charge on any atom is -0.458 e. The van der Waals surface area contributed by atoms with Gasteiger partial charge in [-0.25, -0.2) is 4.79 Å². The molecule has 0 spiro atoms. The zero-order valence-corrected chi connectivity index (χ0v) is 25.0. The van der Waals surface area contributed by atoms with E-state index >= 15 is 0 Å². The molecule has 0 aromatic carbocycles. The van der Waals surface area contributed by atoms with Crippen LogP contribution in [-0.2, 0) is 23.9 Å². The second-order valence-electron chi connectivity index (χ2n) is 14.0. The molecule has 2 atom stereocenters. The topological polar surface area (TPSA) is 93.7 Å². The van der Waals surface area contributed by atoms with E-state index < -0.39 is 34.7 Å². The SMILES string of the molecule is CC(C)CC(NC(=O)C(C)(C)C)C(=O)OC(C)(C)CC(C)(C)OC(=O)C(CC(C)C)NC(C)(C)C. The minimum absolute atomic E-state index is 0.196. The molecule has 7 heteroatoms. The molecule has 0 aromatic heterocycles. The van der Waals surface area contributed by atoms with Crippen molar-refractivity contribution in [1.29, 1.82) is 0 Å². The van der Waals surface area contributed by atoms with Gasteiger partial charge in [0.15, 0.2) is 0 Å². The standard InChI is InChI=1S/C28H54N2O5/c1-18(2)15-20(29-24(33)25(5,6)7)22(31)34-27(11,12)17-28(13,14)35-23(32)21(16-19(3)4)30-26(8,9)10/h18-21,30H,15-17H2,1-14H3,(H,29,33). The lowest BCUT2D eigenvalue weighted by Gasteiger charge is -2.37. The summed E-state index contributed by atoms with van der Waals surface area (Å²) in [6.45, 7) is 26.9. The van der Waals surface area contributed by atoms with Crippen LogP contribution in [0.5, 0.6) is 0 Å². The molecule has 0 aliphatic rings. The summed E-state index contributed by atoms with van der Waals surface area (Å²) in [7, 11) is 0. The average molecular weight is 499 g/mol. The summed E-state index contributed by atoms with van der Waals surface area (Å²) in [5.74, 6) is -0.466. The maximum absolute atomic E-state index is 13.1. The lowest BCUT2D eigenvalue weighted by Crippen LogP contribution is -2.52. The Labute approximate surface area is 214 Å². The van der Waals surface area contributed by atoms with Gasteiger partial charge < -0.3 is 14.8 Å². The van der Waals surface area contributed by atoms with Gasteiger partial charge in [0.25, 0.3) is 0 Å². The van der Waals surface area contributed by atoms with Crippen LogP contribution in [0.25, 0.3) is 0 Å². The third-order valence-corrected chi connectivity index (χ3v) is 5.18. The highest BCUT2D eigenvalue weighted by atomic mass is 16.6. The Morgan fingerprint density at radius 3 is 1.37 bits per heavy atom. The Kier molecular flexibility index (Phi) is 12.0. The van der Waals surface area contributed by atoms with Gasteiger partial charge in [0.05, 0.1) is 0 Å². The summed E-state index contributed by atoms with van der Waals surface area (Å²) in [5, 5.41) is 6.22. The maximum Gasteiger partial charge on any atom is 0.329 e. The Balaban J connectivity index is 5.43. The van der Waals surface area contributed by atoms with Gasteiger partial charge in [-0.3, -0.25) is 14.9 Å². The van der Waals surface area contributed by atoms with Crippen LogP contribution < -0.4 is 10.6 Å². The van der Waals surface area contributed by atoms with Gasteiger partial charge in [-0.1, -0.05) is 48.5 Å². The van der Waals surface area contributed by atoms with E-state index in [0.29, 0.717) is 25.2 Å². The van der Waals surface area contributed by atoms with Gasteiger partial charge >= 0.3 is 11.9 Å². The first-order valence-corrected chi connectivity index (χ1v) is 13.0. The lowest BCUT2D eigenvalue weighted by molar-refractivity contribution is -0.174. The molecule has 0 aromatic rings. The van der Waals surface area contributed by atoms with Crippen molar-refractivity contribution in [2.24, 2.45) is 17.3 Å². The van der Waals surface area contributed by atoms with Gasteiger partial charge in [0.2, 0.25) is 5.91 Å². The third-order valence-electron chi connectivity index (χ3n) is 5.18. The first kappa shape index (κ1) is 33.4. The number of rotatable bonds is 12. The van der Waals surface area contributed by atoms with Crippen LogP contribution in [0.15, 0.2) is 0 Å². The molecule has 0 radical (unpaired) electrons. The lowest BCUT2D eigenvalue weighted by atomic mass is 9.91. The summed E-state index contributed by atoms with van der Waals surface area (Å²) in [6, 6.07) is -1.17. The fourth-order valence-electron chi connectivity index (χ4n) is 4.05. The van der Waals surface area contributed by atoms with Crippen LogP contribution in [0.4, 0.5) is 0 Å². The van der Waals surface area contributed by atoms with Crippen molar-refractivity contribution in [3.05, 3.63) is 0 Å². The molecule has 0 aliphatic carbocycles. The van der Waals surface area contributed by atoms with Crippen molar-refractivity contribution in [2.45, 2.75) is 145 Å². The zero-order chi connectivity index (χ0) is 28.0. The second-order valence-corrected chi connectivity index (χ2v) is 14.0. The summed E-state index contributed by atoms with van der Waals surface area (Å²) in [4.78, 5) is 38.7. The van der Waals surface area contributed by atoms with Crippen LogP contribution in [0, 0.1) is 17.3 Å². The number of hydrogen-bond donors (Lipinski definition) is 2. The summed E-state index contributed by atoms with van der Waals surface area (Å²) < 4.78 is 11.8. The van der Waals surface area contributed by atoms with Gasteiger partial charge in [-0.15, -0.1) is 0 Å². The molecule has 0 aliphatic heterocycles. The Morgan fingerprint density at radius 1 is 0.657 bits per heavy atom. The monoisotopic (exact) mass is 498 g/mol. The van der Waals surface area contributed by atoms with Gasteiger partial charge in [-0.2, -0.15) is 0 Å². The van der Waals surface area contributed by atoms with Crippen LogP contribution in [0.3, 0.4) is 0 Å². The number of hydrogen-bond acceptors (Lipinski definition) is 6. The molecule has 35 heavy (non-hydrogen) atoms. The normalized spacial score (nSPS) is 15.1. The number of amides is 1. The van der Waals surface area contributed by atoms with Gasteiger partial charge in [-0.05, 0) is 73.1 Å². The molecule has 7 nitrogen and oxygen atoms in total. The highest BCUT2D eigenvalue weighted by molar-refractivity contribution is 5.87. The molecule has 0 saturated heterocycles.